The Morgan fingerprint density at radius 1 is 1.29 bits per heavy atom. The van der Waals surface area contributed by atoms with Crippen LogP contribution >= 0.6 is 0 Å². The van der Waals surface area contributed by atoms with Crippen molar-refractivity contribution in [3.63, 3.8) is 0 Å². The molecule has 0 aromatic carbocycles. The van der Waals surface area contributed by atoms with Gasteiger partial charge in [-0.15, -0.1) is 0 Å². The summed E-state index contributed by atoms with van der Waals surface area (Å²) in [6.07, 6.45) is 7.14. The van der Waals surface area contributed by atoms with E-state index in [-0.39, 0.29) is 0 Å². The normalized spacial score (nSPS) is 19.1. The Bertz CT molecular complexity index is 320. The minimum absolute atomic E-state index is 0.427. The molecule has 94 valence electrons. The molecule has 1 aliphatic rings. The molecule has 1 aliphatic heterocycles. The molecule has 0 unspecified atom stereocenters. The Hall–Kier alpha value is -0.930. The van der Waals surface area contributed by atoms with Gasteiger partial charge in [-0.3, -0.25) is 4.98 Å². The predicted octanol–water partition coefficient (Wildman–Crippen LogP) is 2.03. The molecule has 0 radical (unpaired) electrons. The quantitative estimate of drug-likeness (QED) is 0.792. The van der Waals surface area contributed by atoms with E-state index in [1.54, 1.807) is 0 Å². The Morgan fingerprint density at radius 2 is 2.00 bits per heavy atom. The largest absolute Gasteiger partial charge is 0.381 e. The van der Waals surface area contributed by atoms with Crippen LogP contribution in [-0.4, -0.2) is 31.3 Å². The van der Waals surface area contributed by atoms with Crippen LogP contribution in [0.2, 0.25) is 0 Å². The Labute approximate surface area is 104 Å². The summed E-state index contributed by atoms with van der Waals surface area (Å²) in [7, 11) is 0. The van der Waals surface area contributed by atoms with E-state index in [2.05, 4.69) is 29.4 Å². The second-order valence-corrected chi connectivity index (χ2v) is 5.21. The van der Waals surface area contributed by atoms with E-state index >= 15 is 0 Å². The van der Waals surface area contributed by atoms with Gasteiger partial charge in [0.1, 0.15) is 0 Å². The summed E-state index contributed by atoms with van der Waals surface area (Å²) in [4.78, 5) is 4.02. The van der Waals surface area contributed by atoms with E-state index < -0.39 is 0 Å². The molecule has 0 bridgehead atoms. The van der Waals surface area contributed by atoms with Gasteiger partial charge in [-0.05, 0) is 48.9 Å². The van der Waals surface area contributed by atoms with Crippen molar-refractivity contribution < 1.29 is 4.74 Å². The maximum atomic E-state index is 5.41. The lowest BCUT2D eigenvalue weighted by Gasteiger charge is -2.33. The molecule has 1 fully saturated rings. The second kappa shape index (κ2) is 6.12. The van der Waals surface area contributed by atoms with Crippen molar-refractivity contribution in [3.05, 3.63) is 30.1 Å². The fraction of sp³-hybridized carbons (Fsp3) is 0.643. The summed E-state index contributed by atoms with van der Waals surface area (Å²) >= 11 is 0. The van der Waals surface area contributed by atoms with Gasteiger partial charge in [0.2, 0.25) is 0 Å². The molecular weight excluding hydrogens is 212 g/mol. The lowest BCUT2D eigenvalue weighted by Crippen LogP contribution is -2.37. The van der Waals surface area contributed by atoms with Crippen LogP contribution in [0, 0.1) is 5.41 Å². The highest BCUT2D eigenvalue weighted by atomic mass is 16.5. The number of nitrogens with one attached hydrogen (secondary N) is 1. The molecule has 1 N–H and O–H groups in total. The highest BCUT2D eigenvalue weighted by Gasteiger charge is 2.26. The summed E-state index contributed by atoms with van der Waals surface area (Å²) in [5.41, 5.74) is 1.78. The van der Waals surface area contributed by atoms with Crippen LogP contribution in [0.3, 0.4) is 0 Å². The zero-order valence-electron chi connectivity index (χ0n) is 10.6. The fourth-order valence-electron chi connectivity index (χ4n) is 2.21. The van der Waals surface area contributed by atoms with Gasteiger partial charge in [0.25, 0.3) is 0 Å². The van der Waals surface area contributed by atoms with Crippen LogP contribution in [-0.2, 0) is 11.2 Å². The van der Waals surface area contributed by atoms with Crippen molar-refractivity contribution in [3.8, 4) is 0 Å². The predicted molar refractivity (Wildman–Crippen MR) is 69.0 cm³/mol. The minimum Gasteiger partial charge on any atom is -0.381 e. The minimum atomic E-state index is 0.427. The van der Waals surface area contributed by atoms with E-state index in [4.69, 9.17) is 4.74 Å². The van der Waals surface area contributed by atoms with Gasteiger partial charge in [0.15, 0.2) is 0 Å². The van der Waals surface area contributed by atoms with E-state index in [1.165, 1.54) is 18.4 Å². The maximum absolute atomic E-state index is 5.41. The summed E-state index contributed by atoms with van der Waals surface area (Å²) in [6.45, 7) is 6.34. The number of pyridine rings is 1. The van der Waals surface area contributed by atoms with Crippen molar-refractivity contribution >= 4 is 0 Å². The van der Waals surface area contributed by atoms with E-state index in [9.17, 15) is 0 Å². The van der Waals surface area contributed by atoms with Crippen LogP contribution in [0.25, 0.3) is 0 Å². The molecule has 17 heavy (non-hydrogen) atoms. The Balaban J connectivity index is 1.66. The molecule has 2 rings (SSSR count). The summed E-state index contributed by atoms with van der Waals surface area (Å²) in [5.74, 6) is 0. The van der Waals surface area contributed by atoms with Crippen LogP contribution in [0.1, 0.15) is 25.3 Å². The third kappa shape index (κ3) is 4.10. The number of nitrogens with zero attached hydrogens (tertiary/aromatic N) is 1. The molecule has 3 nitrogen and oxygen atoms in total. The summed E-state index contributed by atoms with van der Waals surface area (Å²) in [6, 6.07) is 4.16. The van der Waals surface area contributed by atoms with Gasteiger partial charge in [0.05, 0.1) is 0 Å². The van der Waals surface area contributed by atoms with Gasteiger partial charge >= 0.3 is 0 Å². The van der Waals surface area contributed by atoms with Crippen molar-refractivity contribution in [1.29, 1.82) is 0 Å². The number of ether oxygens (including phenoxy) is 1. The second-order valence-electron chi connectivity index (χ2n) is 5.21. The van der Waals surface area contributed by atoms with Crippen molar-refractivity contribution in [2.45, 2.75) is 26.2 Å². The number of rotatable bonds is 5. The molecule has 0 saturated carbocycles. The number of hydrogen-bond acceptors (Lipinski definition) is 3. The van der Waals surface area contributed by atoms with Crippen LogP contribution in [0.5, 0.6) is 0 Å². The average molecular weight is 234 g/mol. The van der Waals surface area contributed by atoms with Crippen molar-refractivity contribution in [2.24, 2.45) is 5.41 Å². The molecule has 2 heterocycles. The smallest absolute Gasteiger partial charge is 0.0471 e. The lowest BCUT2D eigenvalue weighted by atomic mass is 9.82. The highest BCUT2D eigenvalue weighted by molar-refractivity contribution is 5.09. The first-order valence-electron chi connectivity index (χ1n) is 6.46. The summed E-state index contributed by atoms with van der Waals surface area (Å²) < 4.78 is 5.41. The zero-order valence-corrected chi connectivity index (χ0v) is 10.6. The van der Waals surface area contributed by atoms with Gasteiger partial charge in [0, 0.05) is 32.2 Å². The molecule has 0 aliphatic carbocycles. The van der Waals surface area contributed by atoms with Crippen LogP contribution in [0.4, 0.5) is 0 Å². The van der Waals surface area contributed by atoms with Crippen molar-refractivity contribution in [2.75, 3.05) is 26.3 Å². The van der Waals surface area contributed by atoms with Gasteiger partial charge in [-0.2, -0.15) is 0 Å². The highest BCUT2D eigenvalue weighted by Crippen LogP contribution is 2.28. The molecule has 0 amide bonds. The maximum Gasteiger partial charge on any atom is 0.0471 e. The average Bonchev–Trinajstić information content (AvgIpc) is 2.37. The van der Waals surface area contributed by atoms with E-state index in [1.807, 2.05) is 12.4 Å². The Kier molecular flexibility index (Phi) is 4.51. The van der Waals surface area contributed by atoms with Gasteiger partial charge in [-0.25, -0.2) is 0 Å². The van der Waals surface area contributed by atoms with E-state index in [0.717, 1.165) is 32.7 Å². The SMILES string of the molecule is CC1(CNCCc2ccncc2)CCOCC1. The standard InChI is InChI=1S/C14H22N2O/c1-14(5-10-17-11-6-14)12-16-9-4-13-2-7-15-8-3-13/h2-3,7-8,16H,4-6,9-12H2,1H3. The third-order valence-electron chi connectivity index (χ3n) is 3.59. The van der Waals surface area contributed by atoms with Crippen LogP contribution < -0.4 is 5.32 Å². The van der Waals surface area contributed by atoms with Crippen molar-refractivity contribution in [1.82, 2.24) is 10.3 Å². The lowest BCUT2D eigenvalue weighted by molar-refractivity contribution is 0.0242. The first-order valence-corrected chi connectivity index (χ1v) is 6.46. The monoisotopic (exact) mass is 234 g/mol. The van der Waals surface area contributed by atoms with Gasteiger partial charge < -0.3 is 10.1 Å². The third-order valence-corrected chi connectivity index (χ3v) is 3.59. The molecule has 0 atom stereocenters. The first-order chi connectivity index (χ1) is 8.29. The molecule has 3 heteroatoms. The number of hydrogen-bond donors (Lipinski definition) is 1. The number of aromatic nitrogens is 1. The zero-order chi connectivity index (χ0) is 12.0. The fourth-order valence-corrected chi connectivity index (χ4v) is 2.21. The molecule has 1 aromatic rings. The molecular formula is C14H22N2O. The van der Waals surface area contributed by atoms with Gasteiger partial charge in [-0.1, -0.05) is 6.92 Å². The molecule has 1 aromatic heterocycles. The first kappa shape index (κ1) is 12.5. The summed E-state index contributed by atoms with van der Waals surface area (Å²) in [5, 5.41) is 3.57. The Morgan fingerprint density at radius 3 is 2.71 bits per heavy atom. The van der Waals surface area contributed by atoms with Crippen LogP contribution in [0.15, 0.2) is 24.5 Å². The molecule has 1 saturated heterocycles. The molecule has 0 spiro atoms. The topological polar surface area (TPSA) is 34.2 Å². The van der Waals surface area contributed by atoms with E-state index in [0.29, 0.717) is 5.41 Å².